The third kappa shape index (κ3) is 2.01. The number of nitrogens with zero attached hydrogens (tertiary/aromatic N) is 2. The number of nitrogens with one attached hydrogen (secondary N) is 1. The van der Waals surface area contributed by atoms with Crippen molar-refractivity contribution in [2.24, 2.45) is 7.05 Å². The molecule has 2 heterocycles. The average molecular weight is 283 g/mol. The van der Waals surface area contributed by atoms with Gasteiger partial charge in [0, 0.05) is 24.5 Å². The molecule has 21 heavy (non-hydrogen) atoms. The minimum absolute atomic E-state index is 0.124. The van der Waals surface area contributed by atoms with E-state index in [1.165, 1.54) is 16.3 Å². The monoisotopic (exact) mass is 283 g/mol. The molecule has 0 unspecified atom stereocenters. The predicted octanol–water partition coefficient (Wildman–Crippen LogP) is 1.89. The van der Waals surface area contributed by atoms with Crippen LogP contribution in [0.1, 0.15) is 18.2 Å². The Morgan fingerprint density at radius 2 is 1.81 bits per heavy atom. The van der Waals surface area contributed by atoms with Crippen LogP contribution in [0.25, 0.3) is 16.6 Å². The van der Waals surface area contributed by atoms with Gasteiger partial charge in [-0.15, -0.1) is 0 Å². The molecule has 3 aromatic rings. The highest BCUT2D eigenvalue weighted by Gasteiger charge is 2.13. The summed E-state index contributed by atoms with van der Waals surface area (Å²) in [7, 11) is 1.65. The lowest BCUT2D eigenvalue weighted by Gasteiger charge is -2.10. The third-order valence-corrected chi connectivity index (χ3v) is 3.86. The molecular formula is C16H17N3O2. The van der Waals surface area contributed by atoms with E-state index >= 15 is 0 Å². The molecule has 0 amide bonds. The van der Waals surface area contributed by atoms with Gasteiger partial charge in [-0.05, 0) is 31.0 Å². The normalized spacial score (nSPS) is 11.2. The number of H-pyrrole nitrogens is 1. The Morgan fingerprint density at radius 1 is 1.14 bits per heavy atom. The van der Waals surface area contributed by atoms with E-state index in [9.17, 15) is 9.59 Å². The van der Waals surface area contributed by atoms with E-state index in [1.54, 1.807) is 18.5 Å². The number of fused-ring (bicyclic) bond motifs is 1. The first-order valence-electron chi connectivity index (χ1n) is 6.93. The van der Waals surface area contributed by atoms with Gasteiger partial charge < -0.3 is 0 Å². The Bertz CT molecular complexity index is 927. The van der Waals surface area contributed by atoms with Crippen LogP contribution in [-0.2, 0) is 13.5 Å². The van der Waals surface area contributed by atoms with Crippen LogP contribution < -0.4 is 11.1 Å². The molecule has 0 aliphatic heterocycles. The van der Waals surface area contributed by atoms with Crippen molar-refractivity contribution >= 4 is 10.9 Å². The van der Waals surface area contributed by atoms with Crippen LogP contribution in [0.4, 0.5) is 0 Å². The van der Waals surface area contributed by atoms with Crippen molar-refractivity contribution in [2.45, 2.75) is 20.3 Å². The number of hydrogen-bond acceptors (Lipinski definition) is 2. The molecule has 5 heteroatoms. The minimum Gasteiger partial charge on any atom is -0.295 e. The minimum atomic E-state index is -0.147. The second kappa shape index (κ2) is 4.77. The second-order valence-electron chi connectivity index (χ2n) is 5.19. The molecule has 0 atom stereocenters. The van der Waals surface area contributed by atoms with E-state index in [4.69, 9.17) is 0 Å². The maximum absolute atomic E-state index is 12.4. The van der Waals surface area contributed by atoms with E-state index in [2.05, 4.69) is 12.0 Å². The molecule has 0 spiro atoms. The topological polar surface area (TPSA) is 59.8 Å². The fraction of sp³-hybridized carbons (Fsp3) is 0.250. The van der Waals surface area contributed by atoms with Crippen LogP contribution in [0, 0.1) is 6.92 Å². The summed E-state index contributed by atoms with van der Waals surface area (Å²) in [5.41, 5.74) is 2.95. The van der Waals surface area contributed by atoms with Gasteiger partial charge in [-0.25, -0.2) is 0 Å². The number of hydrogen-bond donors (Lipinski definition) is 1. The van der Waals surface area contributed by atoms with E-state index < -0.39 is 0 Å². The van der Waals surface area contributed by atoms with Gasteiger partial charge in [-0.3, -0.25) is 23.9 Å². The zero-order valence-electron chi connectivity index (χ0n) is 12.3. The van der Waals surface area contributed by atoms with Gasteiger partial charge in [0.05, 0.1) is 10.9 Å². The molecule has 3 rings (SSSR count). The van der Waals surface area contributed by atoms with Crippen LogP contribution in [0.5, 0.6) is 0 Å². The molecule has 0 saturated carbocycles. The Kier molecular flexibility index (Phi) is 3.05. The highest BCUT2D eigenvalue weighted by Crippen LogP contribution is 2.15. The summed E-state index contributed by atoms with van der Waals surface area (Å²) < 4.78 is 2.97. The second-order valence-corrected chi connectivity index (χ2v) is 5.19. The van der Waals surface area contributed by atoms with Crippen LogP contribution in [-0.4, -0.2) is 14.3 Å². The van der Waals surface area contributed by atoms with Crippen molar-refractivity contribution in [2.75, 3.05) is 0 Å². The predicted molar refractivity (Wildman–Crippen MR) is 83.3 cm³/mol. The Morgan fingerprint density at radius 3 is 2.43 bits per heavy atom. The molecule has 1 N–H and O–H groups in total. The highest BCUT2D eigenvalue weighted by atomic mass is 16.1. The van der Waals surface area contributed by atoms with Crippen molar-refractivity contribution in [3.05, 3.63) is 62.3 Å². The summed E-state index contributed by atoms with van der Waals surface area (Å²) >= 11 is 0. The average Bonchev–Trinajstić information content (AvgIpc) is 2.74. The summed E-state index contributed by atoms with van der Waals surface area (Å²) in [4.78, 5) is 24.5. The standard InChI is InChI=1S/C16H17N3O2/c1-4-11-5-7-12(8-6-11)19-10(2)15-13(9-14(19)20)17-18(3)16(15)21/h5-9,17H,4H2,1-3H3. The molecule has 0 aliphatic carbocycles. The SMILES string of the molecule is CCc1ccc(-n2c(C)c3c(=O)n(C)[nH]c3cc2=O)cc1. The van der Waals surface area contributed by atoms with Gasteiger partial charge in [0.15, 0.2) is 0 Å². The third-order valence-electron chi connectivity index (χ3n) is 3.86. The van der Waals surface area contributed by atoms with Gasteiger partial charge >= 0.3 is 0 Å². The summed E-state index contributed by atoms with van der Waals surface area (Å²) in [6.07, 6.45) is 0.950. The number of pyridine rings is 1. The van der Waals surface area contributed by atoms with Crippen LogP contribution in [0.2, 0.25) is 0 Å². The Labute approximate surface area is 121 Å². The molecule has 2 aromatic heterocycles. The molecular weight excluding hydrogens is 266 g/mol. The fourth-order valence-electron chi connectivity index (χ4n) is 2.69. The van der Waals surface area contributed by atoms with Crippen LogP contribution in [0.3, 0.4) is 0 Å². The number of benzene rings is 1. The lowest BCUT2D eigenvalue weighted by atomic mass is 10.1. The Hall–Kier alpha value is -2.56. The van der Waals surface area contributed by atoms with Gasteiger partial charge in [0.25, 0.3) is 11.1 Å². The van der Waals surface area contributed by atoms with E-state index in [0.717, 1.165) is 12.1 Å². The molecule has 5 nitrogen and oxygen atoms in total. The number of aromatic amines is 1. The number of aryl methyl sites for hydroxylation is 3. The summed E-state index contributed by atoms with van der Waals surface area (Å²) in [5.74, 6) is 0. The highest BCUT2D eigenvalue weighted by molar-refractivity contribution is 5.80. The molecule has 0 radical (unpaired) electrons. The molecule has 0 bridgehead atoms. The van der Waals surface area contributed by atoms with Gasteiger partial charge in [0.1, 0.15) is 0 Å². The molecule has 108 valence electrons. The van der Waals surface area contributed by atoms with E-state index in [0.29, 0.717) is 16.6 Å². The number of rotatable bonds is 2. The summed E-state index contributed by atoms with van der Waals surface area (Å²) in [6, 6.07) is 9.30. The maximum Gasteiger partial charge on any atom is 0.275 e. The first-order valence-corrected chi connectivity index (χ1v) is 6.93. The van der Waals surface area contributed by atoms with Crippen molar-refractivity contribution in [3.8, 4) is 5.69 Å². The molecule has 0 saturated heterocycles. The molecule has 1 aromatic carbocycles. The quantitative estimate of drug-likeness (QED) is 0.780. The first kappa shape index (κ1) is 13.4. The van der Waals surface area contributed by atoms with Crippen molar-refractivity contribution in [1.29, 1.82) is 0 Å². The lowest BCUT2D eigenvalue weighted by molar-refractivity contribution is 0.751. The number of aromatic nitrogens is 3. The summed E-state index contributed by atoms with van der Waals surface area (Å²) in [6.45, 7) is 3.88. The van der Waals surface area contributed by atoms with E-state index in [-0.39, 0.29) is 11.1 Å². The first-order chi connectivity index (χ1) is 10.0. The van der Waals surface area contributed by atoms with Crippen molar-refractivity contribution < 1.29 is 0 Å². The lowest BCUT2D eigenvalue weighted by Crippen LogP contribution is -2.21. The zero-order valence-corrected chi connectivity index (χ0v) is 12.3. The largest absolute Gasteiger partial charge is 0.295 e. The zero-order chi connectivity index (χ0) is 15.1. The van der Waals surface area contributed by atoms with Gasteiger partial charge in [-0.2, -0.15) is 0 Å². The fourth-order valence-corrected chi connectivity index (χ4v) is 2.69. The van der Waals surface area contributed by atoms with Gasteiger partial charge in [0.2, 0.25) is 0 Å². The van der Waals surface area contributed by atoms with Crippen LogP contribution in [0.15, 0.2) is 39.9 Å². The summed E-state index contributed by atoms with van der Waals surface area (Å²) in [5, 5.41) is 3.45. The molecule has 0 aliphatic rings. The molecule has 0 fully saturated rings. The Balaban J connectivity index is 2.33. The van der Waals surface area contributed by atoms with Crippen molar-refractivity contribution in [1.82, 2.24) is 14.3 Å². The maximum atomic E-state index is 12.4. The van der Waals surface area contributed by atoms with Gasteiger partial charge in [-0.1, -0.05) is 19.1 Å². The van der Waals surface area contributed by atoms with E-state index in [1.807, 2.05) is 24.3 Å². The smallest absolute Gasteiger partial charge is 0.275 e. The van der Waals surface area contributed by atoms with Crippen LogP contribution >= 0.6 is 0 Å². The van der Waals surface area contributed by atoms with Crippen molar-refractivity contribution in [3.63, 3.8) is 0 Å².